The van der Waals surface area contributed by atoms with Crippen molar-refractivity contribution in [2.45, 2.75) is 50.0 Å². The van der Waals surface area contributed by atoms with Gasteiger partial charge >= 0.3 is 12.1 Å². The summed E-state index contributed by atoms with van der Waals surface area (Å²) in [7, 11) is -2.81. The van der Waals surface area contributed by atoms with Crippen molar-refractivity contribution in [1.82, 2.24) is 9.21 Å². The summed E-state index contributed by atoms with van der Waals surface area (Å²) < 4.78 is 65.0. The smallest absolute Gasteiger partial charge is 0.340 e. The van der Waals surface area contributed by atoms with Crippen LogP contribution >= 0.6 is 0 Å². The number of piperazine rings is 1. The van der Waals surface area contributed by atoms with E-state index in [-0.39, 0.29) is 0 Å². The van der Waals surface area contributed by atoms with E-state index in [1.165, 1.54) is 24.0 Å². The molecule has 0 bridgehead atoms. The highest BCUT2D eigenvalue weighted by Crippen LogP contribution is 2.32. The normalized spacial score (nSPS) is 24.8. The number of likely N-dealkylation sites (N-methyl/N-ethyl adjacent to an activating group) is 1. The minimum Gasteiger partial charge on any atom is -0.340 e. The SMILES string of the molecule is CC1C(C)N(S(=O)(=O)c2ccccc2NC(=O)C(F)(F)F)C(C)C(=O)N1C. The summed E-state index contributed by atoms with van der Waals surface area (Å²) in [4.78, 5) is 24.5. The van der Waals surface area contributed by atoms with E-state index in [1.807, 2.05) is 0 Å². The number of nitrogens with zero attached hydrogens (tertiary/aromatic N) is 2. The first-order valence-corrected chi connectivity index (χ1v) is 9.51. The van der Waals surface area contributed by atoms with Crippen LogP contribution in [0.5, 0.6) is 0 Å². The minimum absolute atomic E-state index is 0.430. The molecular weight excluding hydrogens is 387 g/mol. The topological polar surface area (TPSA) is 86.8 Å². The molecule has 1 heterocycles. The number of hydrogen-bond donors (Lipinski definition) is 1. The number of alkyl halides is 3. The number of nitrogens with one attached hydrogen (secondary N) is 1. The number of benzene rings is 1. The van der Waals surface area contributed by atoms with Crippen LogP contribution in [0.3, 0.4) is 0 Å². The van der Waals surface area contributed by atoms with Crippen LogP contribution < -0.4 is 5.32 Å². The van der Waals surface area contributed by atoms with Crippen LogP contribution in [-0.2, 0) is 19.6 Å². The Hall–Kier alpha value is -2.14. The average molecular weight is 407 g/mol. The zero-order chi connectivity index (χ0) is 20.7. The van der Waals surface area contributed by atoms with Gasteiger partial charge in [0.05, 0.1) is 5.69 Å². The first-order valence-electron chi connectivity index (χ1n) is 8.07. The summed E-state index contributed by atoms with van der Waals surface area (Å²) in [5.74, 6) is -2.71. The lowest BCUT2D eigenvalue weighted by Crippen LogP contribution is -2.64. The van der Waals surface area contributed by atoms with Crippen molar-refractivity contribution in [1.29, 1.82) is 0 Å². The van der Waals surface area contributed by atoms with Crippen LogP contribution in [0.25, 0.3) is 0 Å². The van der Waals surface area contributed by atoms with Crippen molar-refractivity contribution >= 4 is 27.5 Å². The summed E-state index contributed by atoms with van der Waals surface area (Å²) in [5, 5.41) is 1.59. The van der Waals surface area contributed by atoms with Crippen molar-refractivity contribution < 1.29 is 31.2 Å². The first kappa shape index (κ1) is 21.2. The third-order valence-electron chi connectivity index (χ3n) is 4.75. The molecule has 0 aliphatic carbocycles. The van der Waals surface area contributed by atoms with Gasteiger partial charge in [0.1, 0.15) is 10.9 Å². The highest BCUT2D eigenvalue weighted by molar-refractivity contribution is 7.89. The van der Waals surface area contributed by atoms with Crippen molar-refractivity contribution in [3.8, 4) is 0 Å². The average Bonchev–Trinajstić information content (AvgIpc) is 2.57. The molecule has 1 aliphatic heterocycles. The maximum Gasteiger partial charge on any atom is 0.471 e. The summed E-state index contributed by atoms with van der Waals surface area (Å²) in [6.07, 6.45) is -5.17. The number of rotatable bonds is 3. The van der Waals surface area contributed by atoms with E-state index < -0.39 is 56.7 Å². The molecule has 2 rings (SSSR count). The van der Waals surface area contributed by atoms with Gasteiger partial charge in [0, 0.05) is 19.1 Å². The van der Waals surface area contributed by atoms with E-state index in [4.69, 9.17) is 0 Å². The van der Waals surface area contributed by atoms with Crippen molar-refractivity contribution in [3.05, 3.63) is 24.3 Å². The van der Waals surface area contributed by atoms with Gasteiger partial charge in [0.2, 0.25) is 15.9 Å². The van der Waals surface area contributed by atoms with Gasteiger partial charge in [0.25, 0.3) is 0 Å². The monoisotopic (exact) mass is 407 g/mol. The second kappa shape index (κ2) is 7.12. The van der Waals surface area contributed by atoms with Gasteiger partial charge in [-0.2, -0.15) is 17.5 Å². The quantitative estimate of drug-likeness (QED) is 0.828. The van der Waals surface area contributed by atoms with E-state index in [2.05, 4.69) is 0 Å². The predicted molar refractivity (Wildman–Crippen MR) is 91.3 cm³/mol. The lowest BCUT2D eigenvalue weighted by atomic mass is 10.0. The fourth-order valence-corrected chi connectivity index (χ4v) is 5.02. The summed E-state index contributed by atoms with van der Waals surface area (Å²) in [6, 6.07) is 2.67. The fraction of sp³-hybridized carbons (Fsp3) is 0.500. The van der Waals surface area contributed by atoms with Gasteiger partial charge in [-0.25, -0.2) is 8.42 Å². The Bertz CT molecular complexity index is 857. The first-order chi connectivity index (χ1) is 12.3. The van der Waals surface area contributed by atoms with Crippen molar-refractivity contribution in [3.63, 3.8) is 0 Å². The maximum absolute atomic E-state index is 13.2. The van der Waals surface area contributed by atoms with Gasteiger partial charge in [0.15, 0.2) is 0 Å². The van der Waals surface area contributed by atoms with E-state index in [1.54, 1.807) is 26.2 Å². The fourth-order valence-electron chi connectivity index (χ4n) is 3.02. The largest absolute Gasteiger partial charge is 0.471 e. The highest BCUT2D eigenvalue weighted by atomic mass is 32.2. The molecule has 3 atom stereocenters. The lowest BCUT2D eigenvalue weighted by Gasteiger charge is -2.45. The third-order valence-corrected chi connectivity index (χ3v) is 6.86. The molecule has 7 nitrogen and oxygen atoms in total. The second-order valence-corrected chi connectivity index (χ2v) is 8.20. The molecule has 1 aromatic rings. The standard InChI is InChI=1S/C16H20F3N3O4S/c1-9-10(2)22(11(3)14(23)21(9)4)27(25,26)13-8-6-5-7-12(13)20-15(24)16(17,18)19/h5-11H,1-4H3,(H,20,24). The molecule has 11 heteroatoms. The van der Waals surface area contributed by atoms with Crippen LogP contribution in [0.2, 0.25) is 0 Å². The molecule has 150 valence electrons. The summed E-state index contributed by atoms with van der Waals surface area (Å²) in [5.41, 5.74) is -0.502. The van der Waals surface area contributed by atoms with Crippen LogP contribution in [-0.4, -0.2) is 60.8 Å². The van der Waals surface area contributed by atoms with Gasteiger partial charge in [-0.05, 0) is 32.9 Å². The molecule has 0 saturated carbocycles. The molecule has 1 saturated heterocycles. The molecule has 1 aliphatic rings. The summed E-state index contributed by atoms with van der Waals surface area (Å²) >= 11 is 0. The predicted octanol–water partition coefficient (Wildman–Crippen LogP) is 1.82. The molecule has 3 unspecified atom stereocenters. The number of halogens is 3. The van der Waals surface area contributed by atoms with Crippen LogP contribution in [0, 0.1) is 0 Å². The number of hydrogen-bond acceptors (Lipinski definition) is 4. The molecule has 0 spiro atoms. The number of anilines is 1. The third kappa shape index (κ3) is 3.79. The van der Waals surface area contributed by atoms with E-state index in [9.17, 15) is 31.2 Å². The maximum atomic E-state index is 13.2. The van der Waals surface area contributed by atoms with E-state index >= 15 is 0 Å². The van der Waals surface area contributed by atoms with Gasteiger partial charge in [-0.3, -0.25) is 9.59 Å². The van der Waals surface area contributed by atoms with Gasteiger partial charge in [-0.15, -0.1) is 0 Å². The second-order valence-electron chi connectivity index (χ2n) is 6.39. The number of carbonyl (C=O) groups is 2. The Morgan fingerprint density at radius 1 is 1.11 bits per heavy atom. The van der Waals surface area contributed by atoms with Crippen molar-refractivity contribution in [2.75, 3.05) is 12.4 Å². The highest BCUT2D eigenvalue weighted by Gasteiger charge is 2.46. The number of amides is 2. The number of sulfonamides is 1. The Morgan fingerprint density at radius 2 is 1.67 bits per heavy atom. The summed E-state index contributed by atoms with van der Waals surface area (Å²) in [6.45, 7) is 4.70. The van der Waals surface area contributed by atoms with Crippen molar-refractivity contribution in [2.24, 2.45) is 0 Å². The van der Waals surface area contributed by atoms with Gasteiger partial charge < -0.3 is 10.2 Å². The van der Waals surface area contributed by atoms with Gasteiger partial charge in [-0.1, -0.05) is 12.1 Å². The molecule has 27 heavy (non-hydrogen) atoms. The molecule has 1 fully saturated rings. The Morgan fingerprint density at radius 3 is 2.22 bits per heavy atom. The zero-order valence-corrected chi connectivity index (χ0v) is 15.9. The molecular formula is C16H20F3N3O4S. The molecule has 1 aromatic carbocycles. The van der Waals surface area contributed by atoms with Crippen LogP contribution in [0.4, 0.5) is 18.9 Å². The Kier molecular flexibility index (Phi) is 5.58. The van der Waals surface area contributed by atoms with E-state index in [0.29, 0.717) is 0 Å². The molecule has 0 aromatic heterocycles. The Balaban J connectivity index is 2.51. The molecule has 2 amide bonds. The zero-order valence-electron chi connectivity index (χ0n) is 15.1. The molecule has 0 radical (unpaired) electrons. The van der Waals surface area contributed by atoms with E-state index in [0.717, 1.165) is 16.4 Å². The Labute approximate surface area is 155 Å². The lowest BCUT2D eigenvalue weighted by molar-refractivity contribution is -0.167. The minimum atomic E-state index is -5.17. The molecule has 1 N–H and O–H groups in total. The number of carbonyl (C=O) groups excluding carboxylic acids is 2. The number of para-hydroxylation sites is 1. The van der Waals surface area contributed by atoms with Crippen LogP contribution in [0.15, 0.2) is 29.2 Å². The van der Waals surface area contributed by atoms with Crippen LogP contribution in [0.1, 0.15) is 20.8 Å².